The molecule has 0 unspecified atom stereocenters. The van der Waals surface area contributed by atoms with E-state index in [-0.39, 0.29) is 0 Å². The van der Waals surface area contributed by atoms with Crippen molar-refractivity contribution in [3.05, 3.63) is 41.1 Å². The van der Waals surface area contributed by atoms with Crippen LogP contribution in [0.4, 0.5) is 0 Å². The fraction of sp³-hybridized carbons (Fsp3) is 0. The summed E-state index contributed by atoms with van der Waals surface area (Å²) < 4.78 is 5.22. The van der Waals surface area contributed by atoms with Gasteiger partial charge in [0, 0.05) is 11.5 Å². The van der Waals surface area contributed by atoms with Gasteiger partial charge in [0.05, 0.1) is 17.4 Å². The van der Waals surface area contributed by atoms with Gasteiger partial charge >= 0.3 is 0 Å². The van der Waals surface area contributed by atoms with Crippen molar-refractivity contribution in [3.8, 4) is 6.07 Å². The van der Waals surface area contributed by atoms with Gasteiger partial charge in [-0.05, 0) is 23.8 Å². The summed E-state index contributed by atoms with van der Waals surface area (Å²) in [6, 6.07) is 7.38. The number of allylic oxidation sites excluding steroid dienone is 1. The molecular weight excluding hydrogens is 198 g/mol. The van der Waals surface area contributed by atoms with Gasteiger partial charge in [0.1, 0.15) is 0 Å². The molecule has 0 aliphatic carbocycles. The summed E-state index contributed by atoms with van der Waals surface area (Å²) in [5.41, 5.74) is 1.59. The molecule has 1 heterocycles. The molecule has 0 radical (unpaired) electrons. The maximum atomic E-state index is 8.42. The molecular formula is C11H6ClNO. The highest BCUT2D eigenvalue weighted by atomic mass is 35.5. The lowest BCUT2D eigenvalue weighted by molar-refractivity contribution is 0.616. The van der Waals surface area contributed by atoms with Crippen molar-refractivity contribution in [2.45, 2.75) is 0 Å². The Hall–Kier alpha value is -1.72. The van der Waals surface area contributed by atoms with Crippen LogP contribution in [0.3, 0.4) is 0 Å². The van der Waals surface area contributed by atoms with Crippen LogP contribution in [0.1, 0.15) is 5.56 Å². The van der Waals surface area contributed by atoms with Crippen molar-refractivity contribution in [1.82, 2.24) is 0 Å². The molecule has 3 heteroatoms. The molecule has 1 aromatic heterocycles. The number of furan rings is 1. The van der Waals surface area contributed by atoms with Crippen molar-refractivity contribution >= 4 is 28.6 Å². The standard InChI is InChI=1S/C11H6ClNO/c12-10-4-3-8(2-1-6-13)9-5-7-14-11(9)10/h1-5,7H. The topological polar surface area (TPSA) is 36.9 Å². The second kappa shape index (κ2) is 3.57. The summed E-state index contributed by atoms with van der Waals surface area (Å²) in [5.74, 6) is 0. The second-order valence-corrected chi connectivity index (χ2v) is 3.17. The van der Waals surface area contributed by atoms with Crippen molar-refractivity contribution in [2.75, 3.05) is 0 Å². The number of halogens is 1. The zero-order chi connectivity index (χ0) is 9.97. The van der Waals surface area contributed by atoms with E-state index in [0.29, 0.717) is 10.6 Å². The maximum absolute atomic E-state index is 8.42. The Morgan fingerprint density at radius 2 is 2.21 bits per heavy atom. The molecule has 0 saturated carbocycles. The minimum atomic E-state index is 0.583. The first-order valence-electron chi connectivity index (χ1n) is 4.05. The van der Waals surface area contributed by atoms with Gasteiger partial charge in [-0.3, -0.25) is 0 Å². The smallest absolute Gasteiger partial charge is 0.153 e. The molecule has 1 aromatic carbocycles. The molecule has 0 saturated heterocycles. The van der Waals surface area contributed by atoms with Crippen LogP contribution in [0.5, 0.6) is 0 Å². The number of benzene rings is 1. The third kappa shape index (κ3) is 1.39. The summed E-state index contributed by atoms with van der Waals surface area (Å²) in [6.45, 7) is 0. The molecule has 0 fully saturated rings. The largest absolute Gasteiger partial charge is 0.463 e. The first-order chi connectivity index (χ1) is 6.83. The van der Waals surface area contributed by atoms with Gasteiger partial charge < -0.3 is 4.42 Å². The predicted molar refractivity (Wildman–Crippen MR) is 55.9 cm³/mol. The van der Waals surface area contributed by atoms with Gasteiger partial charge in [0.2, 0.25) is 0 Å². The van der Waals surface area contributed by atoms with Gasteiger partial charge in [-0.2, -0.15) is 5.26 Å². The average Bonchev–Trinajstić information content (AvgIpc) is 2.66. The summed E-state index contributed by atoms with van der Waals surface area (Å²) in [7, 11) is 0. The third-order valence-electron chi connectivity index (χ3n) is 1.94. The Kier molecular flexibility index (Phi) is 2.26. The van der Waals surface area contributed by atoms with Gasteiger partial charge in [-0.1, -0.05) is 17.7 Å². The molecule has 0 N–H and O–H groups in total. The maximum Gasteiger partial charge on any atom is 0.153 e. The minimum Gasteiger partial charge on any atom is -0.463 e. The first-order valence-corrected chi connectivity index (χ1v) is 4.42. The monoisotopic (exact) mass is 203 g/mol. The lowest BCUT2D eigenvalue weighted by Gasteiger charge is -1.96. The molecule has 14 heavy (non-hydrogen) atoms. The first kappa shape index (κ1) is 8.86. The third-order valence-corrected chi connectivity index (χ3v) is 2.24. The SMILES string of the molecule is N#CC=Cc1ccc(Cl)c2occc12. The molecule has 0 aliphatic rings. The van der Waals surface area contributed by atoms with Gasteiger partial charge in [0.25, 0.3) is 0 Å². The van der Waals surface area contributed by atoms with Crippen LogP contribution < -0.4 is 0 Å². The molecule has 68 valence electrons. The zero-order valence-electron chi connectivity index (χ0n) is 7.20. The van der Waals surface area contributed by atoms with Gasteiger partial charge in [-0.25, -0.2) is 0 Å². The highest BCUT2D eigenvalue weighted by Crippen LogP contribution is 2.28. The fourth-order valence-electron chi connectivity index (χ4n) is 1.32. The van der Waals surface area contributed by atoms with E-state index < -0.39 is 0 Å². The van der Waals surface area contributed by atoms with Crippen molar-refractivity contribution < 1.29 is 4.42 Å². The summed E-state index contributed by atoms with van der Waals surface area (Å²) >= 11 is 5.92. The van der Waals surface area contributed by atoms with Crippen LogP contribution in [0.25, 0.3) is 17.0 Å². The number of hydrogen-bond donors (Lipinski definition) is 0. The average molecular weight is 204 g/mol. The Morgan fingerprint density at radius 1 is 1.36 bits per heavy atom. The van der Waals surface area contributed by atoms with E-state index in [1.807, 2.05) is 18.2 Å². The quantitative estimate of drug-likeness (QED) is 0.664. The van der Waals surface area contributed by atoms with E-state index in [1.165, 1.54) is 6.08 Å². The van der Waals surface area contributed by atoms with Crippen LogP contribution in [0.2, 0.25) is 5.02 Å². The van der Waals surface area contributed by atoms with E-state index in [1.54, 1.807) is 18.4 Å². The van der Waals surface area contributed by atoms with Gasteiger partial charge in [0.15, 0.2) is 5.58 Å². The van der Waals surface area contributed by atoms with Crippen LogP contribution in [0.15, 0.2) is 35.0 Å². The Labute approximate surface area is 86.0 Å². The normalized spacial score (nSPS) is 10.9. The number of nitriles is 1. The highest BCUT2D eigenvalue weighted by Gasteiger charge is 2.04. The molecule has 2 aromatic rings. The van der Waals surface area contributed by atoms with Crippen molar-refractivity contribution in [3.63, 3.8) is 0 Å². The fourth-order valence-corrected chi connectivity index (χ4v) is 1.53. The van der Waals surface area contributed by atoms with Crippen LogP contribution >= 0.6 is 11.6 Å². The Morgan fingerprint density at radius 3 is 3.00 bits per heavy atom. The Bertz CT molecular complexity index is 534. The van der Waals surface area contributed by atoms with E-state index in [4.69, 9.17) is 21.3 Å². The lowest BCUT2D eigenvalue weighted by atomic mass is 10.1. The second-order valence-electron chi connectivity index (χ2n) is 2.76. The van der Waals surface area contributed by atoms with E-state index >= 15 is 0 Å². The van der Waals surface area contributed by atoms with Crippen molar-refractivity contribution in [2.24, 2.45) is 0 Å². The zero-order valence-corrected chi connectivity index (χ0v) is 7.95. The molecule has 0 bridgehead atoms. The molecule has 0 aliphatic heterocycles. The minimum absolute atomic E-state index is 0.583. The van der Waals surface area contributed by atoms with E-state index in [0.717, 1.165) is 10.9 Å². The number of rotatable bonds is 1. The number of hydrogen-bond acceptors (Lipinski definition) is 2. The summed E-state index contributed by atoms with van der Waals surface area (Å²) in [4.78, 5) is 0. The summed E-state index contributed by atoms with van der Waals surface area (Å²) in [5, 5.41) is 9.92. The van der Waals surface area contributed by atoms with E-state index in [9.17, 15) is 0 Å². The highest BCUT2D eigenvalue weighted by molar-refractivity contribution is 6.35. The van der Waals surface area contributed by atoms with Crippen LogP contribution in [-0.4, -0.2) is 0 Å². The predicted octanol–water partition coefficient (Wildman–Crippen LogP) is 3.62. The van der Waals surface area contributed by atoms with E-state index in [2.05, 4.69) is 0 Å². The number of fused-ring (bicyclic) bond motifs is 1. The van der Waals surface area contributed by atoms with Gasteiger partial charge in [-0.15, -0.1) is 0 Å². The molecule has 0 amide bonds. The lowest BCUT2D eigenvalue weighted by Crippen LogP contribution is -1.74. The van der Waals surface area contributed by atoms with Crippen LogP contribution in [-0.2, 0) is 0 Å². The molecule has 0 spiro atoms. The molecule has 0 atom stereocenters. The molecule has 2 nitrogen and oxygen atoms in total. The molecule has 2 rings (SSSR count). The number of nitrogens with zero attached hydrogens (tertiary/aromatic N) is 1. The van der Waals surface area contributed by atoms with Crippen molar-refractivity contribution in [1.29, 1.82) is 5.26 Å². The van der Waals surface area contributed by atoms with Crippen LogP contribution in [0, 0.1) is 11.3 Å². The Balaban J connectivity index is 2.68. The summed E-state index contributed by atoms with van der Waals surface area (Å²) in [6.07, 6.45) is 4.74.